The lowest BCUT2D eigenvalue weighted by Crippen LogP contribution is -2.44. The van der Waals surface area contributed by atoms with Crippen LogP contribution in [0.15, 0.2) is 24.3 Å². The molecule has 8 heteroatoms. The fourth-order valence-corrected chi connectivity index (χ4v) is 3.81. The maximum absolute atomic E-state index is 12.6. The number of hydrogen-bond donors (Lipinski definition) is 2. The Morgan fingerprint density at radius 1 is 1.21 bits per heavy atom. The van der Waals surface area contributed by atoms with E-state index in [9.17, 15) is 19.2 Å². The van der Waals surface area contributed by atoms with Crippen molar-refractivity contribution in [2.75, 3.05) is 26.0 Å². The number of carbonyl (C=O) groups excluding carboxylic acids is 4. The molecular weight excluding hydrogens is 360 g/mol. The summed E-state index contributed by atoms with van der Waals surface area (Å²) < 4.78 is 0. The third-order valence-electron chi connectivity index (χ3n) is 5.29. The van der Waals surface area contributed by atoms with Crippen LogP contribution in [-0.2, 0) is 9.59 Å². The van der Waals surface area contributed by atoms with Crippen molar-refractivity contribution in [1.82, 2.24) is 15.1 Å². The van der Waals surface area contributed by atoms with E-state index in [1.54, 1.807) is 38.4 Å². The molecule has 1 spiro atoms. The second-order valence-corrected chi connectivity index (χ2v) is 7.61. The lowest BCUT2D eigenvalue weighted by atomic mass is 9.98. The maximum Gasteiger partial charge on any atom is 0.325 e. The van der Waals surface area contributed by atoms with Gasteiger partial charge in [-0.15, -0.1) is 0 Å². The summed E-state index contributed by atoms with van der Waals surface area (Å²) in [6, 6.07) is 6.38. The van der Waals surface area contributed by atoms with Crippen LogP contribution in [0.4, 0.5) is 10.5 Å². The predicted molar refractivity (Wildman–Crippen MR) is 104 cm³/mol. The van der Waals surface area contributed by atoms with Gasteiger partial charge >= 0.3 is 6.03 Å². The van der Waals surface area contributed by atoms with Crippen molar-refractivity contribution in [1.29, 1.82) is 0 Å². The van der Waals surface area contributed by atoms with Crippen LogP contribution >= 0.6 is 0 Å². The van der Waals surface area contributed by atoms with Crippen molar-refractivity contribution in [3.63, 3.8) is 0 Å². The molecule has 2 fully saturated rings. The van der Waals surface area contributed by atoms with Gasteiger partial charge in [0.1, 0.15) is 5.54 Å². The summed E-state index contributed by atoms with van der Waals surface area (Å²) in [7, 11) is 3.33. The first-order valence-corrected chi connectivity index (χ1v) is 9.58. The molecule has 1 aliphatic heterocycles. The fraction of sp³-hybridized carbons (Fsp3) is 0.500. The molecule has 1 saturated carbocycles. The van der Waals surface area contributed by atoms with Gasteiger partial charge in [0.2, 0.25) is 5.91 Å². The molecule has 1 saturated heterocycles. The van der Waals surface area contributed by atoms with E-state index in [0.29, 0.717) is 30.5 Å². The Morgan fingerprint density at radius 3 is 2.61 bits per heavy atom. The molecule has 5 amide bonds. The molecule has 3 rings (SSSR count). The van der Waals surface area contributed by atoms with Crippen molar-refractivity contribution in [3.8, 4) is 0 Å². The van der Waals surface area contributed by atoms with Crippen LogP contribution in [0.3, 0.4) is 0 Å². The number of rotatable bonds is 6. The molecule has 1 aromatic carbocycles. The Bertz CT molecular complexity index is 799. The number of urea groups is 1. The number of amides is 5. The quantitative estimate of drug-likeness (QED) is 0.730. The second kappa shape index (κ2) is 8.00. The van der Waals surface area contributed by atoms with Gasteiger partial charge in [-0.1, -0.05) is 18.9 Å². The Morgan fingerprint density at radius 2 is 1.93 bits per heavy atom. The van der Waals surface area contributed by atoms with Crippen LogP contribution in [0.1, 0.15) is 48.9 Å². The number of hydrogen-bond acceptors (Lipinski definition) is 4. The SMILES string of the molecule is CN(C)C(=O)c1cccc(NC(=O)CCCN2C(=O)NC3(CCCC3)C2=O)c1. The monoisotopic (exact) mass is 386 g/mol. The minimum atomic E-state index is -0.710. The molecule has 2 aliphatic rings. The largest absolute Gasteiger partial charge is 0.345 e. The third kappa shape index (κ3) is 4.00. The Hall–Kier alpha value is -2.90. The molecule has 0 radical (unpaired) electrons. The van der Waals surface area contributed by atoms with Crippen molar-refractivity contribution < 1.29 is 19.2 Å². The van der Waals surface area contributed by atoms with Crippen molar-refractivity contribution in [3.05, 3.63) is 29.8 Å². The molecule has 1 aliphatic carbocycles. The number of benzene rings is 1. The molecule has 1 heterocycles. The fourth-order valence-electron chi connectivity index (χ4n) is 3.81. The van der Waals surface area contributed by atoms with E-state index in [-0.39, 0.29) is 36.7 Å². The van der Waals surface area contributed by atoms with Crippen LogP contribution in [0.2, 0.25) is 0 Å². The number of nitrogens with zero attached hydrogens (tertiary/aromatic N) is 2. The van der Waals surface area contributed by atoms with Gasteiger partial charge in [0.05, 0.1) is 0 Å². The molecule has 0 atom stereocenters. The summed E-state index contributed by atoms with van der Waals surface area (Å²) in [5.41, 5.74) is 0.320. The standard InChI is InChI=1S/C20H26N4O4/c1-23(2)17(26)14-7-5-8-15(13-14)21-16(25)9-6-12-24-18(27)20(22-19(24)28)10-3-4-11-20/h5,7-8,13H,3-4,6,9-12H2,1-2H3,(H,21,25)(H,22,28). The van der Waals surface area contributed by atoms with E-state index in [4.69, 9.17) is 0 Å². The summed E-state index contributed by atoms with van der Waals surface area (Å²) in [6.45, 7) is 0.221. The zero-order valence-corrected chi connectivity index (χ0v) is 16.3. The van der Waals surface area contributed by atoms with Gasteiger partial charge in [-0.2, -0.15) is 0 Å². The van der Waals surface area contributed by atoms with E-state index < -0.39 is 5.54 Å². The van der Waals surface area contributed by atoms with E-state index in [2.05, 4.69) is 10.6 Å². The van der Waals surface area contributed by atoms with Gasteiger partial charge < -0.3 is 15.5 Å². The molecule has 0 unspecified atom stereocenters. The van der Waals surface area contributed by atoms with Crippen LogP contribution in [0.25, 0.3) is 0 Å². The normalized spacial score (nSPS) is 17.7. The first-order valence-electron chi connectivity index (χ1n) is 9.58. The number of imide groups is 1. The Labute approximate surface area is 164 Å². The minimum Gasteiger partial charge on any atom is -0.345 e. The molecule has 0 aromatic heterocycles. The molecule has 1 aromatic rings. The van der Waals surface area contributed by atoms with Crippen LogP contribution in [-0.4, -0.2) is 59.7 Å². The van der Waals surface area contributed by atoms with Crippen molar-refractivity contribution in [2.45, 2.75) is 44.1 Å². The Balaban J connectivity index is 1.50. The zero-order chi connectivity index (χ0) is 20.3. The number of nitrogens with one attached hydrogen (secondary N) is 2. The van der Waals surface area contributed by atoms with E-state index >= 15 is 0 Å². The van der Waals surface area contributed by atoms with Crippen LogP contribution in [0.5, 0.6) is 0 Å². The average Bonchev–Trinajstić information content (AvgIpc) is 3.21. The van der Waals surface area contributed by atoms with E-state index in [1.807, 2.05) is 0 Å². The lowest BCUT2D eigenvalue weighted by Gasteiger charge is -2.19. The highest BCUT2D eigenvalue weighted by atomic mass is 16.2. The average molecular weight is 386 g/mol. The lowest BCUT2D eigenvalue weighted by molar-refractivity contribution is -0.131. The third-order valence-corrected chi connectivity index (χ3v) is 5.29. The Kier molecular flexibility index (Phi) is 5.67. The van der Waals surface area contributed by atoms with Gasteiger partial charge in [0.25, 0.3) is 11.8 Å². The highest BCUT2D eigenvalue weighted by molar-refractivity contribution is 6.07. The predicted octanol–water partition coefficient (Wildman–Crippen LogP) is 1.97. The maximum atomic E-state index is 12.6. The van der Waals surface area contributed by atoms with Gasteiger partial charge in [0.15, 0.2) is 0 Å². The highest BCUT2D eigenvalue weighted by Crippen LogP contribution is 2.35. The van der Waals surface area contributed by atoms with Crippen LogP contribution in [0, 0.1) is 0 Å². The first-order chi connectivity index (χ1) is 13.3. The molecule has 28 heavy (non-hydrogen) atoms. The highest BCUT2D eigenvalue weighted by Gasteiger charge is 2.51. The topological polar surface area (TPSA) is 98.8 Å². The molecule has 2 N–H and O–H groups in total. The van der Waals surface area contributed by atoms with Gasteiger partial charge in [-0.05, 0) is 37.5 Å². The number of anilines is 1. The summed E-state index contributed by atoms with van der Waals surface area (Å²) in [6.07, 6.45) is 3.83. The molecular formula is C20H26N4O4. The summed E-state index contributed by atoms with van der Waals surface area (Å²) in [4.78, 5) is 51.6. The molecule has 150 valence electrons. The molecule has 8 nitrogen and oxygen atoms in total. The van der Waals surface area contributed by atoms with Gasteiger partial charge in [-0.3, -0.25) is 19.3 Å². The minimum absolute atomic E-state index is 0.143. The summed E-state index contributed by atoms with van der Waals surface area (Å²) in [5, 5.41) is 5.59. The van der Waals surface area contributed by atoms with E-state index in [1.165, 1.54) is 9.80 Å². The molecule has 0 bridgehead atoms. The second-order valence-electron chi connectivity index (χ2n) is 7.61. The smallest absolute Gasteiger partial charge is 0.325 e. The summed E-state index contributed by atoms with van der Waals surface area (Å²) >= 11 is 0. The summed E-state index contributed by atoms with van der Waals surface area (Å²) in [5.74, 6) is -0.530. The first kappa shape index (κ1) is 19.9. The van der Waals surface area contributed by atoms with Crippen LogP contribution < -0.4 is 10.6 Å². The van der Waals surface area contributed by atoms with Crippen molar-refractivity contribution in [2.24, 2.45) is 0 Å². The number of carbonyl (C=O) groups is 4. The van der Waals surface area contributed by atoms with Gasteiger partial charge in [-0.25, -0.2) is 4.79 Å². The van der Waals surface area contributed by atoms with E-state index in [0.717, 1.165) is 12.8 Å². The zero-order valence-electron chi connectivity index (χ0n) is 16.3. The van der Waals surface area contributed by atoms with Crippen molar-refractivity contribution >= 4 is 29.4 Å². The van der Waals surface area contributed by atoms with Gasteiger partial charge in [0, 0.05) is 38.3 Å².